The van der Waals surface area contributed by atoms with Crippen molar-refractivity contribution in [1.29, 1.82) is 0 Å². The van der Waals surface area contributed by atoms with E-state index in [9.17, 15) is 4.79 Å². The Hall–Kier alpha value is -1.35. The maximum absolute atomic E-state index is 12.6. The zero-order valence-corrected chi connectivity index (χ0v) is 12.0. The molecule has 0 bridgehead atoms. The zero-order valence-electron chi connectivity index (χ0n) is 12.0. The van der Waals surface area contributed by atoms with Crippen LogP contribution in [-0.2, 0) is 10.2 Å². The Morgan fingerprint density at radius 2 is 1.75 bits per heavy atom. The van der Waals surface area contributed by atoms with Gasteiger partial charge in [-0.25, -0.2) is 0 Å². The lowest BCUT2D eigenvalue weighted by atomic mass is 9.85. The number of amides is 1. The summed E-state index contributed by atoms with van der Waals surface area (Å²) in [4.78, 5) is 12.6. The van der Waals surface area contributed by atoms with E-state index in [4.69, 9.17) is 5.73 Å². The van der Waals surface area contributed by atoms with E-state index in [0.29, 0.717) is 6.54 Å². The molecule has 0 spiro atoms. The fraction of sp³-hybridized carbons (Fsp3) is 0.588. The maximum atomic E-state index is 12.6. The average molecular weight is 272 g/mol. The molecule has 0 radical (unpaired) electrons. The molecule has 2 fully saturated rings. The van der Waals surface area contributed by atoms with Crippen molar-refractivity contribution < 1.29 is 4.79 Å². The summed E-state index contributed by atoms with van der Waals surface area (Å²) in [6, 6.07) is 10.2. The van der Waals surface area contributed by atoms with Gasteiger partial charge in [0.25, 0.3) is 0 Å². The van der Waals surface area contributed by atoms with Gasteiger partial charge in [-0.15, -0.1) is 0 Å². The zero-order chi connectivity index (χ0) is 14.1. The molecule has 2 saturated carbocycles. The van der Waals surface area contributed by atoms with Crippen molar-refractivity contribution in [3.05, 3.63) is 35.9 Å². The van der Waals surface area contributed by atoms with Gasteiger partial charge in [0.1, 0.15) is 0 Å². The average Bonchev–Trinajstić information content (AvgIpc) is 3.19. The molecule has 0 unspecified atom stereocenters. The monoisotopic (exact) mass is 272 g/mol. The van der Waals surface area contributed by atoms with Crippen LogP contribution in [-0.4, -0.2) is 19.0 Å². The molecule has 1 aromatic rings. The Morgan fingerprint density at radius 3 is 2.30 bits per heavy atom. The molecule has 2 aliphatic rings. The van der Waals surface area contributed by atoms with Gasteiger partial charge < -0.3 is 11.1 Å². The SMILES string of the molecule is NCC1(CNC(=O)C2(c3ccccc3)CC2)CCCC1. The van der Waals surface area contributed by atoms with Crippen molar-refractivity contribution in [3.8, 4) is 0 Å². The summed E-state index contributed by atoms with van der Waals surface area (Å²) < 4.78 is 0. The van der Waals surface area contributed by atoms with Crippen molar-refractivity contribution in [2.24, 2.45) is 11.1 Å². The molecule has 3 nitrogen and oxygen atoms in total. The normalized spacial score (nSPS) is 22.4. The van der Waals surface area contributed by atoms with Crippen LogP contribution in [0.3, 0.4) is 0 Å². The molecule has 20 heavy (non-hydrogen) atoms. The summed E-state index contributed by atoms with van der Waals surface area (Å²) in [5, 5.41) is 3.20. The first-order valence-corrected chi connectivity index (χ1v) is 7.75. The highest BCUT2D eigenvalue weighted by Crippen LogP contribution is 2.48. The lowest BCUT2D eigenvalue weighted by Gasteiger charge is -2.28. The first-order chi connectivity index (χ1) is 9.71. The Bertz CT molecular complexity index is 473. The van der Waals surface area contributed by atoms with Crippen molar-refractivity contribution in [3.63, 3.8) is 0 Å². The smallest absolute Gasteiger partial charge is 0.230 e. The summed E-state index contributed by atoms with van der Waals surface area (Å²) in [6.07, 6.45) is 6.75. The highest BCUT2D eigenvalue weighted by Gasteiger charge is 2.51. The third-order valence-corrected chi connectivity index (χ3v) is 5.23. The number of carbonyl (C=O) groups excluding carboxylic acids is 1. The van der Waals surface area contributed by atoms with Crippen molar-refractivity contribution >= 4 is 5.91 Å². The van der Waals surface area contributed by atoms with Gasteiger partial charge >= 0.3 is 0 Å². The molecule has 2 aliphatic carbocycles. The standard InChI is InChI=1S/C17H24N2O/c18-12-16(8-4-5-9-16)13-19-15(20)17(10-11-17)14-6-2-1-3-7-14/h1-3,6-7H,4-5,8-13,18H2,(H,19,20). The highest BCUT2D eigenvalue weighted by molar-refractivity contribution is 5.91. The van der Waals surface area contributed by atoms with Crippen LogP contribution >= 0.6 is 0 Å². The molecule has 3 N–H and O–H groups in total. The molecular weight excluding hydrogens is 248 g/mol. The second-order valence-corrected chi connectivity index (χ2v) is 6.54. The highest BCUT2D eigenvalue weighted by atomic mass is 16.2. The van der Waals surface area contributed by atoms with E-state index in [1.54, 1.807) is 0 Å². The predicted octanol–water partition coefficient (Wildman–Crippen LogP) is 2.35. The summed E-state index contributed by atoms with van der Waals surface area (Å²) >= 11 is 0. The van der Waals surface area contributed by atoms with E-state index in [1.807, 2.05) is 18.2 Å². The molecule has 0 aromatic heterocycles. The maximum Gasteiger partial charge on any atom is 0.230 e. The minimum absolute atomic E-state index is 0.155. The van der Waals surface area contributed by atoms with Crippen LogP contribution in [0.5, 0.6) is 0 Å². The molecule has 1 aromatic carbocycles. The fourth-order valence-electron chi connectivity index (χ4n) is 3.54. The van der Waals surface area contributed by atoms with Gasteiger partial charge in [0.05, 0.1) is 5.41 Å². The van der Waals surface area contributed by atoms with E-state index in [-0.39, 0.29) is 16.7 Å². The number of benzene rings is 1. The van der Waals surface area contributed by atoms with Gasteiger partial charge in [-0.3, -0.25) is 4.79 Å². The van der Waals surface area contributed by atoms with Gasteiger partial charge in [-0.05, 0) is 43.2 Å². The molecule has 3 heteroatoms. The van der Waals surface area contributed by atoms with E-state index < -0.39 is 0 Å². The second kappa shape index (κ2) is 5.21. The number of nitrogens with one attached hydrogen (secondary N) is 1. The lowest BCUT2D eigenvalue weighted by molar-refractivity contribution is -0.124. The summed E-state index contributed by atoms with van der Waals surface area (Å²) in [7, 11) is 0. The number of hydrogen-bond donors (Lipinski definition) is 2. The third kappa shape index (κ3) is 2.35. The first-order valence-electron chi connectivity index (χ1n) is 7.75. The Labute approximate surface area is 120 Å². The lowest BCUT2D eigenvalue weighted by Crippen LogP contribution is -2.44. The molecule has 3 rings (SSSR count). The van der Waals surface area contributed by atoms with Crippen molar-refractivity contribution in [2.75, 3.05) is 13.1 Å². The minimum atomic E-state index is -0.254. The summed E-state index contributed by atoms with van der Waals surface area (Å²) in [5.41, 5.74) is 7.00. The molecule has 108 valence electrons. The van der Waals surface area contributed by atoms with Crippen molar-refractivity contribution in [2.45, 2.75) is 43.9 Å². The Balaban J connectivity index is 1.65. The molecular formula is C17H24N2O. The van der Waals surface area contributed by atoms with Gasteiger partial charge in [0, 0.05) is 6.54 Å². The number of carbonyl (C=O) groups is 1. The molecule has 0 heterocycles. The fourth-order valence-corrected chi connectivity index (χ4v) is 3.54. The van der Waals surface area contributed by atoms with Crippen molar-refractivity contribution in [1.82, 2.24) is 5.32 Å². The number of hydrogen-bond acceptors (Lipinski definition) is 2. The predicted molar refractivity (Wildman–Crippen MR) is 80.3 cm³/mol. The minimum Gasteiger partial charge on any atom is -0.355 e. The van der Waals surface area contributed by atoms with Gasteiger partial charge in [-0.2, -0.15) is 0 Å². The Morgan fingerprint density at radius 1 is 1.10 bits per heavy atom. The van der Waals surface area contributed by atoms with Gasteiger partial charge in [0.2, 0.25) is 5.91 Å². The number of nitrogens with two attached hydrogens (primary N) is 1. The van der Waals surface area contributed by atoms with E-state index in [2.05, 4.69) is 17.4 Å². The summed E-state index contributed by atoms with van der Waals surface area (Å²) in [6.45, 7) is 1.43. The van der Waals surface area contributed by atoms with Crippen LogP contribution in [0.2, 0.25) is 0 Å². The van der Waals surface area contributed by atoms with Crippen LogP contribution in [0.15, 0.2) is 30.3 Å². The number of rotatable bonds is 5. The quantitative estimate of drug-likeness (QED) is 0.864. The molecule has 0 aliphatic heterocycles. The van der Waals surface area contributed by atoms with E-state index in [0.717, 1.165) is 37.8 Å². The van der Waals surface area contributed by atoms with Crippen LogP contribution in [0, 0.1) is 5.41 Å². The van der Waals surface area contributed by atoms with Crippen LogP contribution in [0.1, 0.15) is 44.1 Å². The molecule has 0 saturated heterocycles. The van der Waals surface area contributed by atoms with Crippen LogP contribution < -0.4 is 11.1 Å². The second-order valence-electron chi connectivity index (χ2n) is 6.54. The largest absolute Gasteiger partial charge is 0.355 e. The van der Waals surface area contributed by atoms with Gasteiger partial charge in [0.15, 0.2) is 0 Å². The third-order valence-electron chi connectivity index (χ3n) is 5.23. The van der Waals surface area contributed by atoms with E-state index >= 15 is 0 Å². The molecule has 0 atom stereocenters. The van der Waals surface area contributed by atoms with Crippen LogP contribution in [0.25, 0.3) is 0 Å². The van der Waals surface area contributed by atoms with Gasteiger partial charge in [-0.1, -0.05) is 43.2 Å². The van der Waals surface area contributed by atoms with Crippen LogP contribution in [0.4, 0.5) is 0 Å². The molecule has 1 amide bonds. The Kier molecular flexibility index (Phi) is 3.55. The topological polar surface area (TPSA) is 55.1 Å². The first kappa shape index (κ1) is 13.6. The summed E-state index contributed by atoms with van der Waals surface area (Å²) in [5.74, 6) is 0.198. The van der Waals surface area contributed by atoms with E-state index in [1.165, 1.54) is 12.8 Å².